The molecule has 31 heavy (non-hydrogen) atoms. The lowest BCUT2D eigenvalue weighted by molar-refractivity contribution is 0.0289. The van der Waals surface area contributed by atoms with E-state index in [4.69, 9.17) is 9.47 Å². The SMILES string of the molecule is CCC1c2ccccc2CC1OCc1ccc(CO[C@@H]2Cc3ccccc3C2C)cc1. The van der Waals surface area contributed by atoms with Crippen molar-refractivity contribution < 1.29 is 9.47 Å². The number of hydrogen-bond donors (Lipinski definition) is 0. The molecule has 3 aromatic carbocycles. The molecule has 0 bridgehead atoms. The van der Waals surface area contributed by atoms with Crippen LogP contribution in [-0.4, -0.2) is 12.2 Å². The van der Waals surface area contributed by atoms with Crippen molar-refractivity contribution in [3.05, 3.63) is 106 Å². The van der Waals surface area contributed by atoms with Crippen molar-refractivity contribution in [1.29, 1.82) is 0 Å². The van der Waals surface area contributed by atoms with Crippen LogP contribution in [0.15, 0.2) is 72.8 Å². The highest BCUT2D eigenvalue weighted by molar-refractivity contribution is 5.37. The summed E-state index contributed by atoms with van der Waals surface area (Å²) in [7, 11) is 0. The van der Waals surface area contributed by atoms with E-state index in [2.05, 4.69) is 86.6 Å². The zero-order chi connectivity index (χ0) is 21.2. The molecule has 0 saturated heterocycles. The van der Waals surface area contributed by atoms with E-state index in [0.717, 1.165) is 19.3 Å². The van der Waals surface area contributed by atoms with Gasteiger partial charge in [0.1, 0.15) is 0 Å². The fraction of sp³-hybridized carbons (Fsp3) is 0.379. The quantitative estimate of drug-likeness (QED) is 0.437. The molecule has 0 saturated carbocycles. The number of hydrogen-bond acceptors (Lipinski definition) is 2. The van der Waals surface area contributed by atoms with Crippen LogP contribution in [0.2, 0.25) is 0 Å². The van der Waals surface area contributed by atoms with Gasteiger partial charge in [-0.1, -0.05) is 86.6 Å². The smallest absolute Gasteiger partial charge is 0.0721 e. The summed E-state index contributed by atoms with van der Waals surface area (Å²) in [5.41, 5.74) is 8.27. The molecular formula is C29H32O2. The topological polar surface area (TPSA) is 18.5 Å². The third kappa shape index (κ3) is 4.20. The molecule has 0 heterocycles. The first kappa shape index (κ1) is 20.5. The van der Waals surface area contributed by atoms with Crippen molar-refractivity contribution in [2.45, 2.75) is 70.4 Å². The molecule has 2 aliphatic rings. The van der Waals surface area contributed by atoms with Crippen molar-refractivity contribution >= 4 is 0 Å². The van der Waals surface area contributed by atoms with Crippen molar-refractivity contribution in [2.24, 2.45) is 0 Å². The Balaban J connectivity index is 1.14. The third-order valence-corrected chi connectivity index (χ3v) is 7.24. The Hall–Kier alpha value is -2.42. The zero-order valence-electron chi connectivity index (χ0n) is 18.6. The molecular weight excluding hydrogens is 380 g/mol. The summed E-state index contributed by atoms with van der Waals surface area (Å²) in [5, 5.41) is 0. The van der Waals surface area contributed by atoms with Gasteiger partial charge in [-0.3, -0.25) is 0 Å². The molecule has 2 nitrogen and oxygen atoms in total. The molecule has 3 aromatic rings. The second-order valence-electron chi connectivity index (χ2n) is 9.12. The fourth-order valence-corrected chi connectivity index (χ4v) is 5.40. The normalized spacial score (nSPS) is 24.2. The van der Waals surface area contributed by atoms with E-state index in [-0.39, 0.29) is 12.2 Å². The molecule has 0 fully saturated rings. The summed E-state index contributed by atoms with van der Waals surface area (Å²) in [6.45, 7) is 5.88. The maximum Gasteiger partial charge on any atom is 0.0721 e. The minimum Gasteiger partial charge on any atom is -0.373 e. The second kappa shape index (κ2) is 8.98. The van der Waals surface area contributed by atoms with Crippen molar-refractivity contribution in [3.63, 3.8) is 0 Å². The molecule has 5 rings (SSSR count). The first-order valence-electron chi connectivity index (χ1n) is 11.7. The lowest BCUT2D eigenvalue weighted by Gasteiger charge is -2.20. The summed E-state index contributed by atoms with van der Waals surface area (Å²) < 4.78 is 12.7. The van der Waals surface area contributed by atoms with Crippen molar-refractivity contribution in [3.8, 4) is 0 Å². The Kier molecular flexibility index (Phi) is 5.93. The van der Waals surface area contributed by atoms with Gasteiger partial charge in [-0.15, -0.1) is 0 Å². The van der Waals surface area contributed by atoms with Crippen LogP contribution in [0, 0.1) is 0 Å². The third-order valence-electron chi connectivity index (χ3n) is 7.24. The molecule has 0 radical (unpaired) electrons. The molecule has 2 aliphatic carbocycles. The minimum absolute atomic E-state index is 0.274. The summed E-state index contributed by atoms with van der Waals surface area (Å²) in [6, 6.07) is 26.3. The van der Waals surface area contributed by atoms with Crippen molar-refractivity contribution in [2.75, 3.05) is 0 Å². The molecule has 0 aromatic heterocycles. The van der Waals surface area contributed by atoms with Gasteiger partial charge in [0.15, 0.2) is 0 Å². The Morgan fingerprint density at radius 3 is 1.81 bits per heavy atom. The van der Waals surface area contributed by atoms with Gasteiger partial charge in [0.05, 0.1) is 25.4 Å². The van der Waals surface area contributed by atoms with E-state index in [0.29, 0.717) is 25.0 Å². The van der Waals surface area contributed by atoms with Crippen LogP contribution >= 0.6 is 0 Å². The minimum atomic E-state index is 0.274. The molecule has 0 amide bonds. The fourth-order valence-electron chi connectivity index (χ4n) is 5.40. The van der Waals surface area contributed by atoms with Crippen LogP contribution in [-0.2, 0) is 35.5 Å². The number of rotatable bonds is 7. The highest BCUT2D eigenvalue weighted by Crippen LogP contribution is 2.38. The number of benzene rings is 3. The first-order valence-corrected chi connectivity index (χ1v) is 11.7. The highest BCUT2D eigenvalue weighted by Gasteiger charge is 2.31. The molecule has 2 heteroatoms. The largest absolute Gasteiger partial charge is 0.373 e. The van der Waals surface area contributed by atoms with E-state index >= 15 is 0 Å². The van der Waals surface area contributed by atoms with Crippen LogP contribution in [0.3, 0.4) is 0 Å². The number of fused-ring (bicyclic) bond motifs is 2. The molecule has 3 unspecified atom stereocenters. The average molecular weight is 413 g/mol. The van der Waals surface area contributed by atoms with Crippen LogP contribution in [0.25, 0.3) is 0 Å². The predicted molar refractivity (Wildman–Crippen MR) is 125 cm³/mol. The van der Waals surface area contributed by atoms with Crippen LogP contribution in [0.5, 0.6) is 0 Å². The van der Waals surface area contributed by atoms with Gasteiger partial charge >= 0.3 is 0 Å². The monoisotopic (exact) mass is 412 g/mol. The van der Waals surface area contributed by atoms with E-state index < -0.39 is 0 Å². The van der Waals surface area contributed by atoms with Crippen LogP contribution in [0.1, 0.15) is 65.5 Å². The number of ether oxygens (including phenoxy) is 2. The van der Waals surface area contributed by atoms with Gasteiger partial charge in [0, 0.05) is 11.8 Å². The van der Waals surface area contributed by atoms with Gasteiger partial charge in [0.2, 0.25) is 0 Å². The molecule has 0 aliphatic heterocycles. The van der Waals surface area contributed by atoms with E-state index in [1.54, 1.807) is 0 Å². The first-order chi connectivity index (χ1) is 15.2. The Bertz CT molecular complexity index is 1020. The van der Waals surface area contributed by atoms with E-state index in [1.165, 1.54) is 33.4 Å². The predicted octanol–water partition coefficient (Wildman–Crippen LogP) is 6.57. The van der Waals surface area contributed by atoms with E-state index in [9.17, 15) is 0 Å². The Morgan fingerprint density at radius 1 is 0.677 bits per heavy atom. The van der Waals surface area contributed by atoms with E-state index in [1.807, 2.05) is 0 Å². The van der Waals surface area contributed by atoms with Crippen LogP contribution < -0.4 is 0 Å². The highest BCUT2D eigenvalue weighted by atomic mass is 16.5. The lowest BCUT2D eigenvalue weighted by atomic mass is 9.97. The summed E-state index contributed by atoms with van der Waals surface area (Å²) in [5.74, 6) is 0.979. The maximum atomic E-state index is 6.37. The standard InChI is InChI=1S/C29H32O2/c1-3-25-27-11-7-5-9-24(27)17-29(25)31-19-22-14-12-21(13-15-22)18-30-28-16-23-8-4-6-10-26(23)20(28)2/h4-15,20,25,28-29H,3,16-19H2,1-2H3/t20?,25?,28-,29?/m1/s1. The summed E-state index contributed by atoms with van der Waals surface area (Å²) in [6.07, 6.45) is 3.74. The van der Waals surface area contributed by atoms with Crippen molar-refractivity contribution in [1.82, 2.24) is 0 Å². The molecule has 4 atom stereocenters. The van der Waals surface area contributed by atoms with Gasteiger partial charge in [-0.25, -0.2) is 0 Å². The van der Waals surface area contributed by atoms with Gasteiger partial charge in [-0.05, 0) is 52.6 Å². The maximum absolute atomic E-state index is 6.37. The zero-order valence-corrected chi connectivity index (χ0v) is 18.6. The summed E-state index contributed by atoms with van der Waals surface area (Å²) >= 11 is 0. The second-order valence-corrected chi connectivity index (χ2v) is 9.12. The average Bonchev–Trinajstić information content (AvgIpc) is 3.34. The lowest BCUT2D eigenvalue weighted by Crippen LogP contribution is -2.18. The molecule has 160 valence electrons. The van der Waals surface area contributed by atoms with Gasteiger partial charge in [0.25, 0.3) is 0 Å². The Labute approximate surface area is 186 Å². The van der Waals surface area contributed by atoms with Gasteiger partial charge in [-0.2, -0.15) is 0 Å². The summed E-state index contributed by atoms with van der Waals surface area (Å²) in [4.78, 5) is 0. The molecule has 0 spiro atoms. The Morgan fingerprint density at radius 2 is 1.19 bits per heavy atom. The van der Waals surface area contributed by atoms with Gasteiger partial charge < -0.3 is 9.47 Å². The molecule has 0 N–H and O–H groups in total. The van der Waals surface area contributed by atoms with Crippen LogP contribution in [0.4, 0.5) is 0 Å².